The highest BCUT2D eigenvalue weighted by Crippen LogP contribution is 2.29. The van der Waals surface area contributed by atoms with E-state index in [2.05, 4.69) is 4.99 Å². The van der Waals surface area contributed by atoms with Gasteiger partial charge in [0.05, 0.1) is 18.4 Å². The maximum absolute atomic E-state index is 13.3. The van der Waals surface area contributed by atoms with Gasteiger partial charge in [-0.05, 0) is 49.8 Å². The highest BCUT2D eigenvalue weighted by Gasteiger charge is 2.31. The number of carbonyl (C=O) groups excluding carboxylic acids is 1. The molecule has 0 saturated carbocycles. The summed E-state index contributed by atoms with van der Waals surface area (Å²) >= 11 is 1.45. The molecule has 0 bridgehead atoms. The monoisotopic (exact) mass is 384 g/mol. The van der Waals surface area contributed by atoms with Gasteiger partial charge in [-0.2, -0.15) is 0 Å². The first kappa shape index (κ1) is 19.3. The van der Waals surface area contributed by atoms with Crippen molar-refractivity contribution in [2.24, 2.45) is 4.99 Å². The van der Waals surface area contributed by atoms with Gasteiger partial charge in [-0.15, -0.1) is 0 Å². The summed E-state index contributed by atoms with van der Waals surface area (Å²) in [5, 5.41) is 0.571. The number of hydrogen-bond donors (Lipinski definition) is 0. The molecule has 0 aliphatic carbocycles. The number of hydrogen-bond acceptors (Lipinski definition) is 4. The first-order valence-electron chi connectivity index (χ1n) is 8.74. The second kappa shape index (κ2) is 8.97. The molecule has 140 valence electrons. The lowest BCUT2D eigenvalue weighted by Crippen LogP contribution is -2.30. The minimum absolute atomic E-state index is 0.152. The summed E-state index contributed by atoms with van der Waals surface area (Å²) in [5.74, 6) is 0.0975. The van der Waals surface area contributed by atoms with Gasteiger partial charge in [0.2, 0.25) is 0 Å². The normalized spacial score (nSPS) is 15.7. The van der Waals surface area contributed by atoms with Crippen molar-refractivity contribution >= 4 is 34.6 Å². The fraction of sp³-hybridized carbons (Fsp3) is 0.238. The van der Waals surface area contributed by atoms with Gasteiger partial charge < -0.3 is 4.74 Å². The molecule has 0 atom stereocenters. The summed E-state index contributed by atoms with van der Waals surface area (Å²) in [6.45, 7) is 4.52. The quantitative estimate of drug-likeness (QED) is 0.534. The molecule has 6 heteroatoms. The zero-order valence-electron chi connectivity index (χ0n) is 15.3. The number of thioether (sulfide) groups is 1. The van der Waals surface area contributed by atoms with Crippen LogP contribution in [-0.4, -0.2) is 29.5 Å². The van der Waals surface area contributed by atoms with Crippen LogP contribution in [0.2, 0.25) is 0 Å². The van der Waals surface area contributed by atoms with Crippen molar-refractivity contribution in [3.8, 4) is 0 Å². The van der Waals surface area contributed by atoms with Gasteiger partial charge >= 0.3 is 0 Å². The lowest BCUT2D eigenvalue weighted by atomic mass is 10.2. The molecule has 1 amide bonds. The smallest absolute Gasteiger partial charge is 0.283 e. The second-order valence-electron chi connectivity index (χ2n) is 6.22. The number of halogens is 1. The fourth-order valence-corrected chi connectivity index (χ4v) is 3.38. The summed E-state index contributed by atoms with van der Waals surface area (Å²) < 4.78 is 18.9. The number of amidine groups is 1. The molecule has 0 unspecified atom stereocenters. The summed E-state index contributed by atoms with van der Waals surface area (Å²) in [6, 6.07) is 15.4. The highest BCUT2D eigenvalue weighted by molar-refractivity contribution is 8.14. The number of rotatable bonds is 6. The van der Waals surface area contributed by atoms with Crippen LogP contribution in [0.1, 0.15) is 19.4 Å². The van der Waals surface area contributed by atoms with E-state index in [1.54, 1.807) is 18.2 Å². The predicted molar refractivity (Wildman–Crippen MR) is 109 cm³/mol. The Morgan fingerprint density at radius 3 is 2.52 bits per heavy atom. The third-order valence-electron chi connectivity index (χ3n) is 3.78. The molecule has 4 nitrogen and oxygen atoms in total. The van der Waals surface area contributed by atoms with Crippen LogP contribution in [-0.2, 0) is 9.53 Å². The number of anilines is 1. The topological polar surface area (TPSA) is 41.9 Å². The Bertz CT molecular complexity index is 848. The Hall–Kier alpha value is -2.44. The molecule has 0 aromatic heterocycles. The van der Waals surface area contributed by atoms with E-state index in [-0.39, 0.29) is 17.8 Å². The SMILES string of the molecule is CC(C)OCCSC1=N/C(=C/c2ccccc2)C(=O)N1c1ccc(F)cc1. The molecule has 27 heavy (non-hydrogen) atoms. The molecule has 0 fully saturated rings. The maximum Gasteiger partial charge on any atom is 0.283 e. The minimum atomic E-state index is -0.345. The molecule has 2 aromatic carbocycles. The second-order valence-corrected chi connectivity index (χ2v) is 7.28. The van der Waals surface area contributed by atoms with Gasteiger partial charge in [-0.25, -0.2) is 9.38 Å². The van der Waals surface area contributed by atoms with Crippen molar-refractivity contribution in [3.63, 3.8) is 0 Å². The molecule has 0 spiro atoms. The van der Waals surface area contributed by atoms with E-state index < -0.39 is 0 Å². The van der Waals surface area contributed by atoms with Crippen LogP contribution in [0.25, 0.3) is 6.08 Å². The first-order chi connectivity index (χ1) is 13.0. The van der Waals surface area contributed by atoms with Crippen molar-refractivity contribution in [3.05, 3.63) is 71.7 Å². The summed E-state index contributed by atoms with van der Waals surface area (Å²) in [7, 11) is 0. The molecular weight excluding hydrogens is 363 g/mol. The zero-order chi connectivity index (χ0) is 19.2. The largest absolute Gasteiger partial charge is 0.378 e. The number of aliphatic imine (C=N–C) groups is 1. The van der Waals surface area contributed by atoms with Gasteiger partial charge in [0.25, 0.3) is 5.91 Å². The summed E-state index contributed by atoms with van der Waals surface area (Å²) in [4.78, 5) is 19.0. The average molecular weight is 384 g/mol. The number of carbonyl (C=O) groups is 1. The Kier molecular flexibility index (Phi) is 6.42. The molecule has 1 aliphatic heterocycles. The van der Waals surface area contributed by atoms with Crippen LogP contribution in [0.5, 0.6) is 0 Å². The minimum Gasteiger partial charge on any atom is -0.378 e. The van der Waals surface area contributed by atoms with Crippen molar-refractivity contribution in [2.45, 2.75) is 20.0 Å². The number of ether oxygens (including phenoxy) is 1. The Balaban J connectivity index is 1.85. The van der Waals surface area contributed by atoms with Crippen LogP contribution < -0.4 is 4.90 Å². The van der Waals surface area contributed by atoms with E-state index in [0.717, 1.165) is 5.56 Å². The van der Waals surface area contributed by atoms with Gasteiger partial charge in [-0.3, -0.25) is 9.69 Å². The standard InChI is InChI=1S/C21H21FN2O2S/c1-15(2)26-12-13-27-21-23-19(14-16-6-4-3-5-7-16)20(25)24(21)18-10-8-17(22)9-11-18/h3-11,14-15H,12-13H2,1-2H3/b19-14+. The van der Waals surface area contributed by atoms with Gasteiger partial charge in [0.1, 0.15) is 11.5 Å². The van der Waals surface area contributed by atoms with Gasteiger partial charge in [-0.1, -0.05) is 42.1 Å². The third kappa shape index (κ3) is 5.05. The predicted octanol–water partition coefficient (Wildman–Crippen LogP) is 4.73. The summed E-state index contributed by atoms with van der Waals surface area (Å²) in [6.07, 6.45) is 1.91. The van der Waals surface area contributed by atoms with Crippen molar-refractivity contribution in [1.29, 1.82) is 0 Å². The third-order valence-corrected chi connectivity index (χ3v) is 4.69. The average Bonchev–Trinajstić information content (AvgIpc) is 2.96. The van der Waals surface area contributed by atoms with E-state index in [0.29, 0.717) is 28.9 Å². The van der Waals surface area contributed by atoms with Crippen molar-refractivity contribution in [2.75, 3.05) is 17.3 Å². The Labute approximate surface area is 162 Å². The lowest BCUT2D eigenvalue weighted by Gasteiger charge is -2.18. The Morgan fingerprint density at radius 2 is 1.85 bits per heavy atom. The zero-order valence-corrected chi connectivity index (χ0v) is 16.1. The molecule has 1 heterocycles. The van der Waals surface area contributed by atoms with E-state index >= 15 is 0 Å². The van der Waals surface area contributed by atoms with E-state index in [4.69, 9.17) is 4.74 Å². The first-order valence-corrected chi connectivity index (χ1v) is 9.73. The van der Waals surface area contributed by atoms with Crippen molar-refractivity contribution in [1.82, 2.24) is 0 Å². The Morgan fingerprint density at radius 1 is 1.15 bits per heavy atom. The van der Waals surface area contributed by atoms with E-state index in [1.807, 2.05) is 44.2 Å². The van der Waals surface area contributed by atoms with Crippen LogP contribution in [0.15, 0.2) is 65.3 Å². The lowest BCUT2D eigenvalue weighted by molar-refractivity contribution is -0.113. The highest BCUT2D eigenvalue weighted by atomic mass is 32.2. The number of benzene rings is 2. The van der Waals surface area contributed by atoms with Crippen LogP contribution in [0, 0.1) is 5.82 Å². The molecule has 1 aliphatic rings. The van der Waals surface area contributed by atoms with Gasteiger partial charge in [0.15, 0.2) is 5.17 Å². The van der Waals surface area contributed by atoms with Crippen molar-refractivity contribution < 1.29 is 13.9 Å². The number of amides is 1. The van der Waals surface area contributed by atoms with E-state index in [9.17, 15) is 9.18 Å². The maximum atomic E-state index is 13.3. The van der Waals surface area contributed by atoms with Crippen LogP contribution in [0.3, 0.4) is 0 Å². The fourth-order valence-electron chi connectivity index (χ4n) is 2.53. The number of nitrogens with zero attached hydrogens (tertiary/aromatic N) is 2. The summed E-state index contributed by atoms with van der Waals surface area (Å²) in [5.41, 5.74) is 1.85. The van der Waals surface area contributed by atoms with Crippen LogP contribution >= 0.6 is 11.8 Å². The van der Waals surface area contributed by atoms with Crippen LogP contribution in [0.4, 0.5) is 10.1 Å². The van der Waals surface area contributed by atoms with E-state index in [1.165, 1.54) is 28.8 Å². The molecule has 3 rings (SSSR count). The molecule has 0 radical (unpaired) electrons. The molecule has 0 saturated heterocycles. The molecule has 2 aromatic rings. The molecule has 0 N–H and O–H groups in total. The molecular formula is C21H21FN2O2S. The van der Waals surface area contributed by atoms with Gasteiger partial charge in [0, 0.05) is 5.75 Å².